The maximum Gasteiger partial charge on any atom is 0.203 e. The van der Waals surface area contributed by atoms with Crippen molar-refractivity contribution in [2.24, 2.45) is 4.99 Å². The Balaban J connectivity index is 3.76. The van der Waals surface area contributed by atoms with Crippen LogP contribution >= 0.6 is 0 Å². The van der Waals surface area contributed by atoms with Crippen LogP contribution in [0, 0.1) is 12.5 Å². The summed E-state index contributed by atoms with van der Waals surface area (Å²) >= 11 is 0. The van der Waals surface area contributed by atoms with Gasteiger partial charge in [-0.25, -0.2) is 0 Å². The van der Waals surface area contributed by atoms with E-state index in [0.29, 0.717) is 12.0 Å². The molecule has 0 rings (SSSR count). The second-order valence-electron chi connectivity index (χ2n) is 2.14. The lowest BCUT2D eigenvalue weighted by Crippen LogP contribution is -2.38. The fourth-order valence-electron chi connectivity index (χ4n) is 0.498. The van der Waals surface area contributed by atoms with Crippen LogP contribution in [0.5, 0.6) is 0 Å². The van der Waals surface area contributed by atoms with Gasteiger partial charge in [0.05, 0.1) is 0 Å². The Morgan fingerprint density at radius 2 is 2.20 bits per heavy atom. The number of guanidine groups is 1. The topological polar surface area (TPSA) is 36.4 Å². The number of hydrogen-bond donors (Lipinski definition) is 2. The van der Waals surface area contributed by atoms with Crippen LogP contribution in [-0.2, 0) is 0 Å². The van der Waals surface area contributed by atoms with Crippen LogP contribution in [0.2, 0.25) is 0 Å². The van der Waals surface area contributed by atoms with Crippen molar-refractivity contribution in [3.05, 3.63) is 0 Å². The average molecular weight is 139 g/mol. The predicted octanol–water partition coefficient (Wildman–Crippen LogP) is 0.150. The molecule has 0 aromatic rings. The molecule has 0 aliphatic carbocycles. The van der Waals surface area contributed by atoms with Crippen LogP contribution in [0.1, 0.15) is 13.8 Å². The largest absolute Gasteiger partial charge is 0.353 e. The normalized spacial score (nSPS) is 10.9. The minimum absolute atomic E-state index is 0.347. The van der Waals surface area contributed by atoms with E-state index in [2.05, 4.69) is 21.7 Å². The van der Waals surface area contributed by atoms with Gasteiger partial charge in [-0.05, 0) is 13.8 Å². The lowest BCUT2D eigenvalue weighted by atomic mass is 10.4. The van der Waals surface area contributed by atoms with Crippen molar-refractivity contribution in [2.75, 3.05) is 7.05 Å². The molecule has 0 amide bonds. The zero-order valence-corrected chi connectivity index (χ0v) is 6.60. The van der Waals surface area contributed by atoms with Crippen molar-refractivity contribution in [1.82, 2.24) is 10.6 Å². The molecule has 0 saturated carbocycles. The number of nitrogens with zero attached hydrogens (tertiary/aromatic N) is 1. The fraction of sp³-hybridized carbons (Fsp3) is 0.571. The molecule has 0 spiro atoms. The van der Waals surface area contributed by atoms with Crippen molar-refractivity contribution >= 4 is 5.96 Å². The summed E-state index contributed by atoms with van der Waals surface area (Å²) < 4.78 is 0. The number of hydrogen-bond acceptors (Lipinski definition) is 1. The van der Waals surface area contributed by atoms with Crippen LogP contribution < -0.4 is 10.6 Å². The highest BCUT2D eigenvalue weighted by atomic mass is 15.2. The van der Waals surface area contributed by atoms with Gasteiger partial charge in [0.2, 0.25) is 5.96 Å². The summed E-state index contributed by atoms with van der Waals surface area (Å²) in [6.45, 7) is 4.03. The summed E-state index contributed by atoms with van der Waals surface area (Å²) in [5.41, 5.74) is 0. The maximum absolute atomic E-state index is 5.00. The highest BCUT2D eigenvalue weighted by Gasteiger charge is 1.95. The van der Waals surface area contributed by atoms with E-state index in [1.54, 1.807) is 7.05 Å². The van der Waals surface area contributed by atoms with E-state index >= 15 is 0 Å². The Morgan fingerprint density at radius 3 is 2.50 bits per heavy atom. The summed E-state index contributed by atoms with van der Waals surface area (Å²) in [5, 5.41) is 5.66. The Kier molecular flexibility index (Phi) is 4.14. The molecule has 0 heterocycles. The number of nitrogens with one attached hydrogen (secondary N) is 2. The molecule has 0 aromatic carbocycles. The molecule has 0 saturated heterocycles. The van der Waals surface area contributed by atoms with E-state index in [4.69, 9.17) is 6.42 Å². The molecule has 0 fully saturated rings. The molecule has 0 aromatic heterocycles. The van der Waals surface area contributed by atoms with Gasteiger partial charge in [-0.1, -0.05) is 6.42 Å². The number of aliphatic imine (C=N–C) groups is 1. The molecule has 3 heteroatoms. The van der Waals surface area contributed by atoms with E-state index in [1.807, 2.05) is 13.8 Å². The monoisotopic (exact) mass is 139 g/mol. The molecule has 2 N–H and O–H groups in total. The Morgan fingerprint density at radius 1 is 1.60 bits per heavy atom. The SMILES string of the molecule is C#CNC(=NC)NC(C)C. The zero-order valence-electron chi connectivity index (χ0n) is 6.60. The van der Waals surface area contributed by atoms with Crippen LogP contribution in [0.3, 0.4) is 0 Å². The van der Waals surface area contributed by atoms with Gasteiger partial charge < -0.3 is 5.32 Å². The first-order valence-electron chi connectivity index (χ1n) is 3.15. The van der Waals surface area contributed by atoms with Crippen molar-refractivity contribution in [3.63, 3.8) is 0 Å². The quantitative estimate of drug-likeness (QED) is 0.235. The summed E-state index contributed by atoms with van der Waals surface area (Å²) in [4.78, 5) is 3.87. The van der Waals surface area contributed by atoms with E-state index in [-0.39, 0.29) is 0 Å². The second-order valence-corrected chi connectivity index (χ2v) is 2.14. The van der Waals surface area contributed by atoms with E-state index in [1.165, 1.54) is 0 Å². The van der Waals surface area contributed by atoms with Crippen molar-refractivity contribution in [1.29, 1.82) is 0 Å². The molecular weight excluding hydrogens is 126 g/mol. The third-order valence-corrected chi connectivity index (χ3v) is 0.840. The first-order valence-corrected chi connectivity index (χ1v) is 3.15. The lowest BCUT2D eigenvalue weighted by molar-refractivity contribution is 0.719. The molecule has 56 valence electrons. The van der Waals surface area contributed by atoms with E-state index in [0.717, 1.165) is 0 Å². The van der Waals surface area contributed by atoms with Gasteiger partial charge in [0.15, 0.2) is 0 Å². The molecule has 0 aliphatic rings. The second kappa shape index (κ2) is 4.68. The molecule has 3 nitrogen and oxygen atoms in total. The molecule has 0 aliphatic heterocycles. The molecule has 10 heavy (non-hydrogen) atoms. The molecule has 0 bridgehead atoms. The molecule has 0 unspecified atom stereocenters. The van der Waals surface area contributed by atoms with Gasteiger partial charge in [-0.3, -0.25) is 10.3 Å². The fourth-order valence-corrected chi connectivity index (χ4v) is 0.498. The molecule has 0 atom stereocenters. The summed E-state index contributed by atoms with van der Waals surface area (Å²) in [5.74, 6) is 0.637. The first-order chi connectivity index (χ1) is 4.70. The predicted molar refractivity (Wildman–Crippen MR) is 43.6 cm³/mol. The maximum atomic E-state index is 5.00. The third-order valence-electron chi connectivity index (χ3n) is 0.840. The van der Waals surface area contributed by atoms with Gasteiger partial charge >= 0.3 is 0 Å². The average Bonchev–Trinajstić information content (AvgIpc) is 1.86. The van der Waals surface area contributed by atoms with Crippen LogP contribution in [0.25, 0.3) is 0 Å². The summed E-state index contributed by atoms with van der Waals surface area (Å²) in [6.07, 6.45) is 5.00. The smallest absolute Gasteiger partial charge is 0.203 e. The van der Waals surface area contributed by atoms with Gasteiger partial charge in [0, 0.05) is 19.1 Å². The van der Waals surface area contributed by atoms with Crippen molar-refractivity contribution in [3.8, 4) is 12.5 Å². The van der Waals surface area contributed by atoms with Crippen LogP contribution in [0.4, 0.5) is 0 Å². The van der Waals surface area contributed by atoms with E-state index in [9.17, 15) is 0 Å². The van der Waals surface area contributed by atoms with Crippen LogP contribution in [0.15, 0.2) is 4.99 Å². The Labute approximate surface area is 61.9 Å². The molecular formula is C7H13N3. The van der Waals surface area contributed by atoms with Gasteiger partial charge in [-0.2, -0.15) is 0 Å². The minimum atomic E-state index is 0.347. The zero-order chi connectivity index (χ0) is 7.98. The van der Waals surface area contributed by atoms with Crippen LogP contribution in [-0.4, -0.2) is 19.0 Å². The Hall–Kier alpha value is -1.17. The highest BCUT2D eigenvalue weighted by Crippen LogP contribution is 1.75. The third kappa shape index (κ3) is 3.79. The minimum Gasteiger partial charge on any atom is -0.353 e. The Bertz CT molecular complexity index is 153. The standard InChI is InChI=1S/C7H13N3/c1-5-9-7(8-4)10-6(2)3/h1,6H,2-4H3,(H2,8,9,10). The summed E-state index contributed by atoms with van der Waals surface area (Å²) in [6, 6.07) is 2.63. The van der Waals surface area contributed by atoms with Gasteiger partial charge in [0.1, 0.15) is 0 Å². The van der Waals surface area contributed by atoms with Gasteiger partial charge in [-0.15, -0.1) is 0 Å². The van der Waals surface area contributed by atoms with E-state index < -0.39 is 0 Å². The number of rotatable bonds is 1. The molecule has 0 radical (unpaired) electrons. The first kappa shape index (κ1) is 8.83. The number of terminal acetylenes is 1. The van der Waals surface area contributed by atoms with Crippen molar-refractivity contribution < 1.29 is 0 Å². The lowest BCUT2D eigenvalue weighted by Gasteiger charge is -2.09. The van der Waals surface area contributed by atoms with Crippen molar-refractivity contribution in [2.45, 2.75) is 19.9 Å². The highest BCUT2D eigenvalue weighted by molar-refractivity contribution is 5.81. The van der Waals surface area contributed by atoms with Gasteiger partial charge in [0.25, 0.3) is 0 Å². The summed E-state index contributed by atoms with van der Waals surface area (Å²) in [7, 11) is 1.68.